The Morgan fingerprint density at radius 2 is 1.97 bits per heavy atom. The third kappa shape index (κ3) is 4.38. The summed E-state index contributed by atoms with van der Waals surface area (Å²) in [6.45, 7) is 7.63. The number of nitrogens with two attached hydrogens (primary N) is 1. The zero-order valence-corrected chi connectivity index (χ0v) is 18.8. The number of halogens is 1. The first-order chi connectivity index (χ1) is 15.6. The van der Waals surface area contributed by atoms with Crippen molar-refractivity contribution in [2.75, 3.05) is 31.1 Å². The molecule has 32 heavy (non-hydrogen) atoms. The van der Waals surface area contributed by atoms with Crippen LogP contribution < -0.4 is 10.6 Å². The predicted octanol–water partition coefficient (Wildman–Crippen LogP) is 4.48. The Labute approximate surface area is 189 Å². The van der Waals surface area contributed by atoms with Gasteiger partial charge in [-0.3, -0.25) is 4.90 Å². The minimum atomic E-state index is -0.181. The van der Waals surface area contributed by atoms with Crippen molar-refractivity contribution in [3.05, 3.63) is 77.1 Å². The number of benzene rings is 3. The van der Waals surface area contributed by atoms with Crippen LogP contribution in [0, 0.1) is 5.82 Å². The predicted molar refractivity (Wildman–Crippen MR) is 128 cm³/mol. The van der Waals surface area contributed by atoms with Crippen LogP contribution >= 0.6 is 0 Å². The van der Waals surface area contributed by atoms with Crippen molar-refractivity contribution in [2.24, 2.45) is 5.73 Å². The first kappa shape index (κ1) is 21.4. The summed E-state index contributed by atoms with van der Waals surface area (Å²) in [5.74, 6) is -0.181. The Kier molecular flexibility index (Phi) is 6.13. The van der Waals surface area contributed by atoms with Crippen LogP contribution in [0.3, 0.4) is 0 Å². The summed E-state index contributed by atoms with van der Waals surface area (Å²) in [5, 5.41) is 2.09. The van der Waals surface area contributed by atoms with Crippen LogP contribution in [0.1, 0.15) is 30.0 Å². The van der Waals surface area contributed by atoms with E-state index in [4.69, 9.17) is 10.5 Å². The normalized spacial score (nSPS) is 21.7. The van der Waals surface area contributed by atoms with E-state index < -0.39 is 0 Å². The molecule has 2 aliphatic rings. The number of rotatable bonds is 5. The van der Waals surface area contributed by atoms with Crippen molar-refractivity contribution < 1.29 is 9.13 Å². The Hall–Kier alpha value is -2.47. The fourth-order valence-corrected chi connectivity index (χ4v) is 5.20. The Morgan fingerprint density at radius 1 is 1.06 bits per heavy atom. The molecule has 0 radical (unpaired) electrons. The van der Waals surface area contributed by atoms with Gasteiger partial charge in [0.1, 0.15) is 5.82 Å². The Morgan fingerprint density at radius 3 is 2.81 bits per heavy atom. The van der Waals surface area contributed by atoms with E-state index in [1.165, 1.54) is 22.4 Å². The smallest absolute Gasteiger partial charge is 0.123 e. The van der Waals surface area contributed by atoms with E-state index in [0.717, 1.165) is 49.8 Å². The molecular formula is C27H32FN3O. The molecule has 0 aromatic heterocycles. The molecule has 0 saturated carbocycles. The highest BCUT2D eigenvalue weighted by atomic mass is 19.1. The summed E-state index contributed by atoms with van der Waals surface area (Å²) in [7, 11) is 0. The van der Waals surface area contributed by atoms with Gasteiger partial charge < -0.3 is 15.4 Å². The summed E-state index contributed by atoms with van der Waals surface area (Å²) in [4.78, 5) is 5.03. The monoisotopic (exact) mass is 433 g/mol. The van der Waals surface area contributed by atoms with E-state index in [-0.39, 0.29) is 11.9 Å². The second kappa shape index (κ2) is 9.18. The maximum Gasteiger partial charge on any atom is 0.123 e. The molecule has 0 bridgehead atoms. The van der Waals surface area contributed by atoms with Gasteiger partial charge in [0.15, 0.2) is 0 Å². The number of nitrogens with zero attached hydrogens (tertiary/aromatic N) is 2. The fraction of sp³-hybridized carbons (Fsp3) is 0.407. The lowest BCUT2D eigenvalue weighted by Crippen LogP contribution is -2.52. The van der Waals surface area contributed by atoms with E-state index in [1.807, 2.05) is 18.2 Å². The van der Waals surface area contributed by atoms with Crippen molar-refractivity contribution in [2.45, 2.75) is 45.1 Å². The molecule has 2 N–H and O–H groups in total. The lowest BCUT2D eigenvalue weighted by molar-refractivity contribution is 0.0138. The molecule has 1 saturated heterocycles. The average molecular weight is 434 g/mol. The van der Waals surface area contributed by atoms with Crippen molar-refractivity contribution in [1.82, 2.24) is 4.90 Å². The number of piperazine rings is 1. The molecule has 3 aromatic carbocycles. The van der Waals surface area contributed by atoms with Crippen LogP contribution in [0.25, 0.3) is 10.8 Å². The second-order valence-electron chi connectivity index (χ2n) is 9.21. The van der Waals surface area contributed by atoms with Crippen LogP contribution in [-0.2, 0) is 24.3 Å². The van der Waals surface area contributed by atoms with Gasteiger partial charge >= 0.3 is 0 Å². The molecule has 0 amide bonds. The van der Waals surface area contributed by atoms with Gasteiger partial charge in [-0.25, -0.2) is 4.39 Å². The zero-order chi connectivity index (χ0) is 22.1. The summed E-state index contributed by atoms with van der Waals surface area (Å²) in [6.07, 6.45) is 2.29. The van der Waals surface area contributed by atoms with Crippen LogP contribution in [0.15, 0.2) is 54.6 Å². The van der Waals surface area contributed by atoms with Gasteiger partial charge in [-0.1, -0.05) is 30.3 Å². The second-order valence-corrected chi connectivity index (χ2v) is 9.21. The van der Waals surface area contributed by atoms with Crippen molar-refractivity contribution in [3.63, 3.8) is 0 Å². The number of anilines is 1. The molecule has 2 heterocycles. The van der Waals surface area contributed by atoms with E-state index in [0.29, 0.717) is 19.2 Å². The van der Waals surface area contributed by atoms with E-state index >= 15 is 0 Å². The first-order valence-electron chi connectivity index (χ1n) is 11.7. The van der Waals surface area contributed by atoms with Gasteiger partial charge in [-0.05, 0) is 66.1 Å². The quantitative estimate of drug-likeness (QED) is 0.644. The van der Waals surface area contributed by atoms with E-state index in [1.54, 1.807) is 12.1 Å². The number of hydrogen-bond acceptors (Lipinski definition) is 4. The third-order valence-electron chi connectivity index (χ3n) is 7.09. The highest BCUT2D eigenvalue weighted by molar-refractivity contribution is 5.94. The molecule has 0 spiro atoms. The summed E-state index contributed by atoms with van der Waals surface area (Å²) in [5.41, 5.74) is 10.9. The van der Waals surface area contributed by atoms with Gasteiger partial charge in [0, 0.05) is 49.8 Å². The van der Waals surface area contributed by atoms with Gasteiger partial charge in [-0.2, -0.15) is 0 Å². The topological polar surface area (TPSA) is 41.7 Å². The molecular weight excluding hydrogens is 401 g/mol. The Balaban J connectivity index is 1.20. The minimum absolute atomic E-state index is 0.181. The largest absolute Gasteiger partial charge is 0.373 e. The average Bonchev–Trinajstić information content (AvgIpc) is 2.82. The minimum Gasteiger partial charge on any atom is -0.373 e. The van der Waals surface area contributed by atoms with Crippen molar-refractivity contribution in [3.8, 4) is 0 Å². The maximum absolute atomic E-state index is 13.6. The van der Waals surface area contributed by atoms with Gasteiger partial charge in [0.2, 0.25) is 0 Å². The molecule has 5 rings (SSSR count). The summed E-state index contributed by atoms with van der Waals surface area (Å²) in [6, 6.07) is 18.2. The number of fused-ring (bicyclic) bond motifs is 2. The molecule has 3 aromatic rings. The van der Waals surface area contributed by atoms with Crippen LogP contribution in [0.4, 0.5) is 10.1 Å². The van der Waals surface area contributed by atoms with Gasteiger partial charge in [0.25, 0.3) is 0 Å². The molecule has 4 nitrogen and oxygen atoms in total. The first-order valence-corrected chi connectivity index (χ1v) is 11.7. The molecule has 168 valence electrons. The van der Waals surface area contributed by atoms with Crippen LogP contribution in [0.2, 0.25) is 0 Å². The summed E-state index contributed by atoms with van der Waals surface area (Å²) >= 11 is 0. The maximum atomic E-state index is 13.6. The Bertz CT molecular complexity index is 1100. The number of hydrogen-bond donors (Lipinski definition) is 1. The lowest BCUT2D eigenvalue weighted by atomic mass is 9.95. The van der Waals surface area contributed by atoms with Crippen molar-refractivity contribution in [1.29, 1.82) is 0 Å². The lowest BCUT2D eigenvalue weighted by Gasteiger charge is -2.42. The van der Waals surface area contributed by atoms with E-state index in [9.17, 15) is 4.39 Å². The molecule has 2 atom stereocenters. The summed E-state index contributed by atoms with van der Waals surface area (Å²) < 4.78 is 19.8. The standard InChI is InChI=1S/C27H32FN3O/c1-19-17-31(27-4-2-3-21-14-24(28)7-8-26(21)27)12-11-30(19)10-9-25-15-23-13-20(16-29)5-6-22(23)18-32-25/h2-8,13-14,19,25H,9-12,15-18,29H2,1H3/t19-,25?/m1/s1. The van der Waals surface area contributed by atoms with Crippen LogP contribution in [0.5, 0.6) is 0 Å². The molecule has 0 aliphatic carbocycles. The molecule has 1 fully saturated rings. The molecule has 5 heteroatoms. The van der Waals surface area contributed by atoms with Crippen molar-refractivity contribution >= 4 is 16.5 Å². The van der Waals surface area contributed by atoms with E-state index in [2.05, 4.69) is 41.0 Å². The fourth-order valence-electron chi connectivity index (χ4n) is 5.20. The van der Waals surface area contributed by atoms with Gasteiger partial charge in [0.05, 0.1) is 12.7 Å². The van der Waals surface area contributed by atoms with Crippen LogP contribution in [-0.4, -0.2) is 43.2 Å². The highest BCUT2D eigenvalue weighted by Gasteiger charge is 2.26. The van der Waals surface area contributed by atoms with Gasteiger partial charge in [-0.15, -0.1) is 0 Å². The molecule has 1 unspecified atom stereocenters. The SMILES string of the molecule is C[C@@H]1CN(c2cccc3cc(F)ccc23)CCN1CCC1Cc2cc(CN)ccc2CO1. The highest BCUT2D eigenvalue weighted by Crippen LogP contribution is 2.30. The molecule has 2 aliphatic heterocycles. The third-order valence-corrected chi connectivity index (χ3v) is 7.09. The number of ether oxygens (including phenoxy) is 1. The zero-order valence-electron chi connectivity index (χ0n) is 18.8.